The van der Waals surface area contributed by atoms with Crippen molar-refractivity contribution in [2.24, 2.45) is 0 Å². The summed E-state index contributed by atoms with van der Waals surface area (Å²) in [6.45, 7) is 2.74. The van der Waals surface area contributed by atoms with Gasteiger partial charge in [0.05, 0.1) is 6.42 Å². The molecule has 0 unspecified atom stereocenters. The molecule has 3 rings (SSSR count). The number of aromatic nitrogens is 1. The van der Waals surface area contributed by atoms with Crippen molar-refractivity contribution in [1.29, 1.82) is 0 Å². The van der Waals surface area contributed by atoms with Gasteiger partial charge in [0.1, 0.15) is 0 Å². The molecule has 3 aromatic rings. The molecule has 126 valence electrons. The molecule has 1 heterocycles. The minimum absolute atomic E-state index is 0.0123. The number of pyridine rings is 1. The zero-order chi connectivity index (χ0) is 17.5. The van der Waals surface area contributed by atoms with E-state index in [0.717, 1.165) is 28.1 Å². The first-order valence-electron chi connectivity index (χ1n) is 8.27. The maximum Gasteiger partial charge on any atom is 0.228 e. The third-order valence-electron chi connectivity index (χ3n) is 3.84. The summed E-state index contributed by atoms with van der Waals surface area (Å²) in [5.74, 6) is -0.0123. The second-order valence-electron chi connectivity index (χ2n) is 6.01. The minimum atomic E-state index is -0.0123. The Labute approximate surface area is 147 Å². The van der Waals surface area contributed by atoms with Gasteiger partial charge in [-0.3, -0.25) is 9.78 Å². The molecule has 1 amide bonds. The van der Waals surface area contributed by atoms with Crippen molar-refractivity contribution < 1.29 is 4.79 Å². The molecule has 0 aliphatic carbocycles. The molecule has 0 aliphatic heterocycles. The van der Waals surface area contributed by atoms with Crippen molar-refractivity contribution >= 4 is 17.3 Å². The van der Waals surface area contributed by atoms with Crippen molar-refractivity contribution in [3.63, 3.8) is 0 Å². The zero-order valence-electron chi connectivity index (χ0n) is 14.2. The largest absolute Gasteiger partial charge is 0.381 e. The van der Waals surface area contributed by atoms with Gasteiger partial charge in [0, 0.05) is 30.3 Å². The van der Waals surface area contributed by atoms with E-state index < -0.39 is 0 Å². The topological polar surface area (TPSA) is 54.0 Å². The zero-order valence-corrected chi connectivity index (χ0v) is 14.2. The highest BCUT2D eigenvalue weighted by molar-refractivity contribution is 5.92. The van der Waals surface area contributed by atoms with Crippen molar-refractivity contribution in [1.82, 2.24) is 4.98 Å². The van der Waals surface area contributed by atoms with E-state index in [9.17, 15) is 4.79 Å². The summed E-state index contributed by atoms with van der Waals surface area (Å²) in [7, 11) is 0. The first-order valence-corrected chi connectivity index (χ1v) is 8.27. The molecule has 4 nitrogen and oxygen atoms in total. The number of benzene rings is 2. The van der Waals surface area contributed by atoms with E-state index in [2.05, 4.69) is 15.6 Å². The lowest BCUT2D eigenvalue weighted by molar-refractivity contribution is -0.115. The number of nitrogens with zero attached hydrogens (tertiary/aromatic N) is 1. The Morgan fingerprint density at radius 3 is 2.44 bits per heavy atom. The molecule has 0 atom stereocenters. The summed E-state index contributed by atoms with van der Waals surface area (Å²) in [6.07, 6.45) is 3.98. The molecule has 0 spiro atoms. The Kier molecular flexibility index (Phi) is 5.42. The summed E-state index contributed by atoms with van der Waals surface area (Å²) >= 11 is 0. The van der Waals surface area contributed by atoms with Crippen LogP contribution >= 0.6 is 0 Å². The van der Waals surface area contributed by atoms with Crippen LogP contribution in [0.2, 0.25) is 0 Å². The van der Waals surface area contributed by atoms with Crippen molar-refractivity contribution in [2.75, 3.05) is 10.6 Å². The van der Waals surface area contributed by atoms with E-state index in [-0.39, 0.29) is 5.91 Å². The lowest BCUT2D eigenvalue weighted by Gasteiger charge is -2.09. The van der Waals surface area contributed by atoms with Crippen molar-refractivity contribution in [3.8, 4) is 0 Å². The molecule has 1 aromatic heterocycles. The molecular weight excluding hydrogens is 310 g/mol. The van der Waals surface area contributed by atoms with Crippen LogP contribution in [0.1, 0.15) is 16.7 Å². The van der Waals surface area contributed by atoms with Crippen LogP contribution in [0.3, 0.4) is 0 Å². The lowest BCUT2D eigenvalue weighted by atomic mass is 10.1. The Morgan fingerprint density at radius 2 is 1.72 bits per heavy atom. The number of amides is 1. The Hall–Kier alpha value is -3.14. The number of aryl methyl sites for hydroxylation is 1. The predicted molar refractivity (Wildman–Crippen MR) is 102 cm³/mol. The van der Waals surface area contributed by atoms with Gasteiger partial charge in [-0.05, 0) is 48.4 Å². The van der Waals surface area contributed by atoms with Gasteiger partial charge in [0.2, 0.25) is 5.91 Å². The van der Waals surface area contributed by atoms with Crippen molar-refractivity contribution in [2.45, 2.75) is 19.9 Å². The van der Waals surface area contributed by atoms with Crippen LogP contribution in [0.4, 0.5) is 11.4 Å². The van der Waals surface area contributed by atoms with Gasteiger partial charge >= 0.3 is 0 Å². The molecule has 0 radical (unpaired) electrons. The third kappa shape index (κ3) is 5.18. The molecular formula is C21H21N3O. The summed E-state index contributed by atoms with van der Waals surface area (Å²) in [5.41, 5.74) is 5.10. The highest BCUT2D eigenvalue weighted by atomic mass is 16.1. The normalized spacial score (nSPS) is 10.3. The monoisotopic (exact) mass is 331 g/mol. The van der Waals surface area contributed by atoms with Gasteiger partial charge in [-0.1, -0.05) is 35.9 Å². The minimum Gasteiger partial charge on any atom is -0.381 e. The van der Waals surface area contributed by atoms with Crippen molar-refractivity contribution in [3.05, 3.63) is 89.7 Å². The summed E-state index contributed by atoms with van der Waals surface area (Å²) in [6, 6.07) is 19.7. The fourth-order valence-corrected chi connectivity index (χ4v) is 2.59. The molecule has 2 aromatic carbocycles. The highest BCUT2D eigenvalue weighted by Gasteiger charge is 2.04. The third-order valence-corrected chi connectivity index (χ3v) is 3.84. The van der Waals surface area contributed by atoms with E-state index >= 15 is 0 Å². The van der Waals surface area contributed by atoms with Gasteiger partial charge in [0.25, 0.3) is 0 Å². The molecule has 4 heteroatoms. The van der Waals surface area contributed by atoms with E-state index in [1.165, 1.54) is 0 Å². The molecule has 0 saturated carbocycles. The smallest absolute Gasteiger partial charge is 0.228 e. The number of hydrogen-bond acceptors (Lipinski definition) is 3. The van der Waals surface area contributed by atoms with Crippen LogP contribution < -0.4 is 10.6 Å². The standard InChI is InChI=1S/C21H21N3O/c1-16-4-2-5-17(12-16)13-21(25)24-20-9-7-19(8-10-20)23-15-18-6-3-11-22-14-18/h2-12,14,23H,13,15H2,1H3,(H,24,25). The van der Waals surface area contributed by atoms with Crippen LogP contribution in [0, 0.1) is 6.92 Å². The van der Waals surface area contributed by atoms with Crippen LogP contribution in [0.5, 0.6) is 0 Å². The molecule has 2 N–H and O–H groups in total. The average molecular weight is 331 g/mol. The lowest BCUT2D eigenvalue weighted by Crippen LogP contribution is -2.14. The van der Waals surface area contributed by atoms with Gasteiger partial charge in [0.15, 0.2) is 0 Å². The predicted octanol–water partition coefficient (Wildman–Crippen LogP) is 4.18. The number of hydrogen-bond donors (Lipinski definition) is 2. The first kappa shape index (κ1) is 16.7. The van der Waals surface area contributed by atoms with Gasteiger partial charge < -0.3 is 10.6 Å². The Balaban J connectivity index is 1.52. The van der Waals surface area contributed by atoms with Crippen LogP contribution in [-0.2, 0) is 17.8 Å². The van der Waals surface area contributed by atoms with Crippen LogP contribution in [-0.4, -0.2) is 10.9 Å². The maximum atomic E-state index is 12.2. The van der Waals surface area contributed by atoms with Gasteiger partial charge in [-0.2, -0.15) is 0 Å². The molecule has 0 fully saturated rings. The Bertz CT molecular complexity index is 829. The number of carbonyl (C=O) groups excluding carboxylic acids is 1. The van der Waals surface area contributed by atoms with E-state index in [1.54, 1.807) is 6.20 Å². The molecule has 25 heavy (non-hydrogen) atoms. The van der Waals surface area contributed by atoms with Crippen LogP contribution in [0.15, 0.2) is 73.1 Å². The first-order chi connectivity index (χ1) is 12.2. The number of anilines is 2. The fourth-order valence-electron chi connectivity index (χ4n) is 2.59. The van der Waals surface area contributed by atoms with Gasteiger partial charge in [-0.25, -0.2) is 0 Å². The molecule has 0 saturated heterocycles. The fraction of sp³-hybridized carbons (Fsp3) is 0.143. The molecule has 0 bridgehead atoms. The van der Waals surface area contributed by atoms with E-state index in [4.69, 9.17) is 0 Å². The average Bonchev–Trinajstić information content (AvgIpc) is 2.62. The van der Waals surface area contributed by atoms with E-state index in [1.807, 2.05) is 73.8 Å². The summed E-state index contributed by atoms with van der Waals surface area (Å²) in [4.78, 5) is 16.3. The number of nitrogens with one attached hydrogen (secondary N) is 2. The maximum absolute atomic E-state index is 12.2. The van der Waals surface area contributed by atoms with Crippen LogP contribution in [0.25, 0.3) is 0 Å². The number of carbonyl (C=O) groups is 1. The second kappa shape index (κ2) is 8.11. The SMILES string of the molecule is Cc1cccc(CC(=O)Nc2ccc(NCc3cccnc3)cc2)c1. The second-order valence-corrected chi connectivity index (χ2v) is 6.01. The molecule has 0 aliphatic rings. The van der Waals surface area contributed by atoms with Gasteiger partial charge in [-0.15, -0.1) is 0 Å². The number of rotatable bonds is 6. The van der Waals surface area contributed by atoms with E-state index in [0.29, 0.717) is 13.0 Å². The highest BCUT2D eigenvalue weighted by Crippen LogP contribution is 2.15. The summed E-state index contributed by atoms with van der Waals surface area (Å²) < 4.78 is 0. The quantitative estimate of drug-likeness (QED) is 0.712. The summed E-state index contributed by atoms with van der Waals surface area (Å²) in [5, 5.41) is 6.27. The Morgan fingerprint density at radius 1 is 0.960 bits per heavy atom.